The van der Waals surface area contributed by atoms with Crippen LogP contribution in [0.4, 0.5) is 5.82 Å². The molecule has 1 fully saturated rings. The molecule has 0 radical (unpaired) electrons. The molecular formula is C30H36N4O. The largest absolute Gasteiger partial charge is 0.339 e. The number of hydrogen-bond acceptors (Lipinski definition) is 4. The monoisotopic (exact) mass is 468 g/mol. The van der Waals surface area contributed by atoms with Gasteiger partial charge in [-0.05, 0) is 42.9 Å². The highest BCUT2D eigenvalue weighted by atomic mass is 16.1. The number of benzene rings is 1. The predicted octanol–water partition coefficient (Wildman–Crippen LogP) is 7.54. The van der Waals surface area contributed by atoms with E-state index in [-0.39, 0.29) is 5.78 Å². The molecule has 2 aromatic rings. The number of aromatic nitrogens is 2. The zero-order valence-corrected chi connectivity index (χ0v) is 21.2. The quantitative estimate of drug-likeness (QED) is 0.305. The molecule has 1 aliphatic carbocycles. The first-order valence-electron chi connectivity index (χ1n) is 12.9. The van der Waals surface area contributed by atoms with Crippen LogP contribution in [0.5, 0.6) is 0 Å². The molecule has 0 bridgehead atoms. The van der Waals surface area contributed by atoms with E-state index in [1.54, 1.807) is 12.3 Å². The van der Waals surface area contributed by atoms with Crippen LogP contribution in [0.1, 0.15) is 86.5 Å². The molecule has 1 aromatic carbocycles. The average Bonchev–Trinajstić information content (AvgIpc) is 3.53. The van der Waals surface area contributed by atoms with Crippen LogP contribution < -0.4 is 5.32 Å². The van der Waals surface area contributed by atoms with Crippen molar-refractivity contribution in [3.05, 3.63) is 77.5 Å². The summed E-state index contributed by atoms with van der Waals surface area (Å²) in [6.45, 7) is 9.60. The van der Waals surface area contributed by atoms with E-state index < -0.39 is 0 Å². The third kappa shape index (κ3) is 5.29. The minimum Gasteiger partial charge on any atom is -0.339 e. The van der Waals surface area contributed by atoms with Crippen LogP contribution in [0.15, 0.2) is 60.1 Å². The fourth-order valence-electron chi connectivity index (χ4n) is 5.00. The summed E-state index contributed by atoms with van der Waals surface area (Å²) < 4.78 is 1.84. The van der Waals surface area contributed by atoms with E-state index in [0.29, 0.717) is 29.2 Å². The van der Waals surface area contributed by atoms with E-state index >= 15 is 0 Å². The van der Waals surface area contributed by atoms with Crippen molar-refractivity contribution in [1.82, 2.24) is 9.78 Å². The molecule has 0 saturated heterocycles. The Morgan fingerprint density at radius 2 is 1.97 bits per heavy atom. The zero-order valence-electron chi connectivity index (χ0n) is 21.2. The van der Waals surface area contributed by atoms with Crippen molar-refractivity contribution in [2.75, 3.05) is 5.32 Å². The first kappa shape index (κ1) is 24.6. The number of carbonyl (C=O) groups excluding carboxylic acids is 1. The molecule has 5 nitrogen and oxygen atoms in total. The molecule has 0 unspecified atom stereocenters. The molecular weight excluding hydrogens is 432 g/mol. The maximum absolute atomic E-state index is 13.1. The van der Waals surface area contributed by atoms with Gasteiger partial charge in [0.15, 0.2) is 5.78 Å². The molecule has 1 saturated carbocycles. The van der Waals surface area contributed by atoms with Gasteiger partial charge in [-0.25, -0.2) is 4.68 Å². The molecule has 2 aliphatic rings. The fraction of sp³-hybridized carbons (Fsp3) is 0.367. The van der Waals surface area contributed by atoms with E-state index in [0.717, 1.165) is 35.7 Å². The number of nitrogens with one attached hydrogen (secondary N) is 1. The summed E-state index contributed by atoms with van der Waals surface area (Å²) in [6, 6.07) is 8.87. The molecule has 1 aromatic heterocycles. The van der Waals surface area contributed by atoms with Crippen LogP contribution in [0, 0.1) is 5.92 Å². The second-order valence-corrected chi connectivity index (χ2v) is 9.22. The van der Waals surface area contributed by atoms with Gasteiger partial charge in [0.2, 0.25) is 0 Å². The van der Waals surface area contributed by atoms with Gasteiger partial charge in [0.25, 0.3) is 0 Å². The van der Waals surface area contributed by atoms with E-state index in [4.69, 9.17) is 5.10 Å². The minimum atomic E-state index is 0.0333. The van der Waals surface area contributed by atoms with Gasteiger partial charge in [-0.2, -0.15) is 5.10 Å². The number of hydrogen-bond donors (Lipinski definition) is 1. The van der Waals surface area contributed by atoms with Crippen molar-refractivity contribution in [2.24, 2.45) is 10.9 Å². The Hall–Kier alpha value is -3.47. The molecule has 2 heterocycles. The lowest BCUT2D eigenvalue weighted by Gasteiger charge is -2.21. The van der Waals surface area contributed by atoms with Crippen molar-refractivity contribution in [2.45, 2.75) is 65.7 Å². The van der Waals surface area contributed by atoms with Crippen molar-refractivity contribution >= 4 is 34.9 Å². The number of fused-ring (bicyclic) bond motifs is 1. The molecule has 0 amide bonds. The summed E-state index contributed by atoms with van der Waals surface area (Å²) >= 11 is 0. The van der Waals surface area contributed by atoms with E-state index in [9.17, 15) is 4.79 Å². The first-order valence-corrected chi connectivity index (χ1v) is 12.9. The van der Waals surface area contributed by atoms with Crippen molar-refractivity contribution in [3.8, 4) is 0 Å². The van der Waals surface area contributed by atoms with Gasteiger partial charge in [0.05, 0.1) is 17.0 Å². The predicted molar refractivity (Wildman–Crippen MR) is 147 cm³/mol. The topological polar surface area (TPSA) is 59.3 Å². The highest BCUT2D eigenvalue weighted by molar-refractivity contribution is 6.07. The summed E-state index contributed by atoms with van der Waals surface area (Å²) in [5.41, 5.74) is 6.23. The standard InChI is InChI=1S/C30H36N4O/c1-5-11-24-20-26(23-16-14-22(15-17-23)19-21-12-9-10-13-21)32-30-28(27(35)8-4)29(33-34(24)30)25(7-3)31-18-6-2/h6-7,11,14-18,20-21,32H,2,5,8-10,12-13,19H2,1,3-4H3/b24-11+,25-7-,31-18-. The summed E-state index contributed by atoms with van der Waals surface area (Å²) in [5.74, 6) is 1.56. The Bertz CT molecular complexity index is 1200. The average molecular weight is 469 g/mol. The van der Waals surface area contributed by atoms with Gasteiger partial charge < -0.3 is 5.32 Å². The van der Waals surface area contributed by atoms with Gasteiger partial charge in [-0.1, -0.05) is 88.6 Å². The minimum absolute atomic E-state index is 0.0333. The highest BCUT2D eigenvalue weighted by Gasteiger charge is 2.29. The Balaban J connectivity index is 1.73. The van der Waals surface area contributed by atoms with Gasteiger partial charge in [-0.3, -0.25) is 9.79 Å². The van der Waals surface area contributed by atoms with Gasteiger partial charge in [0, 0.05) is 18.3 Å². The number of nitrogens with zero attached hydrogens (tertiary/aromatic N) is 3. The van der Waals surface area contributed by atoms with Crippen LogP contribution in [-0.2, 0) is 6.42 Å². The van der Waals surface area contributed by atoms with Crippen LogP contribution in [0.3, 0.4) is 0 Å². The summed E-state index contributed by atoms with van der Waals surface area (Å²) in [5, 5.41) is 8.38. The van der Waals surface area contributed by atoms with Crippen LogP contribution in [0.2, 0.25) is 0 Å². The third-order valence-corrected chi connectivity index (χ3v) is 6.79. The second-order valence-electron chi connectivity index (χ2n) is 9.22. The van der Waals surface area contributed by atoms with Crippen LogP contribution in [-0.4, -0.2) is 21.8 Å². The Labute approximate surface area is 209 Å². The van der Waals surface area contributed by atoms with Gasteiger partial charge in [0.1, 0.15) is 11.5 Å². The maximum Gasteiger partial charge on any atom is 0.168 e. The highest BCUT2D eigenvalue weighted by Crippen LogP contribution is 2.37. The van der Waals surface area contributed by atoms with Crippen molar-refractivity contribution in [1.29, 1.82) is 0 Å². The molecule has 182 valence electrons. The molecule has 1 N–H and O–H groups in total. The first-order chi connectivity index (χ1) is 17.1. The normalized spacial score (nSPS) is 17.5. The number of rotatable bonds is 9. The number of anilines is 1. The Kier molecular flexibility index (Phi) is 7.96. The second kappa shape index (κ2) is 11.3. The fourth-order valence-corrected chi connectivity index (χ4v) is 5.00. The number of aliphatic imine (C=N–C) groups is 1. The Morgan fingerprint density at radius 1 is 1.23 bits per heavy atom. The van der Waals surface area contributed by atoms with Crippen LogP contribution >= 0.6 is 0 Å². The molecule has 5 heteroatoms. The van der Waals surface area contributed by atoms with Crippen molar-refractivity contribution in [3.63, 3.8) is 0 Å². The SMILES string of the molecule is C=C/C=N\C(=C/C)c1nn2c(c1C(=O)CC)NC(c1ccc(CC3CCCC3)cc1)=C/C2=C\CC. The lowest BCUT2D eigenvalue weighted by atomic mass is 9.96. The molecule has 4 rings (SSSR count). The third-order valence-electron chi connectivity index (χ3n) is 6.79. The van der Waals surface area contributed by atoms with Gasteiger partial charge in [-0.15, -0.1) is 0 Å². The summed E-state index contributed by atoms with van der Waals surface area (Å²) in [6.07, 6.45) is 17.2. The smallest absolute Gasteiger partial charge is 0.168 e. The number of Topliss-reactive ketones (excluding diaryl/α,β-unsaturated/α-hetero) is 1. The maximum atomic E-state index is 13.1. The number of carbonyl (C=O) groups is 1. The van der Waals surface area contributed by atoms with Crippen LogP contribution in [0.25, 0.3) is 17.1 Å². The Morgan fingerprint density at radius 3 is 2.60 bits per heavy atom. The molecule has 35 heavy (non-hydrogen) atoms. The van der Waals surface area contributed by atoms with E-state index in [1.807, 2.05) is 24.6 Å². The molecule has 0 spiro atoms. The summed E-state index contributed by atoms with van der Waals surface area (Å²) in [7, 11) is 0. The lowest BCUT2D eigenvalue weighted by molar-refractivity contribution is 0.0988. The number of ketones is 1. The van der Waals surface area contributed by atoms with E-state index in [2.05, 4.69) is 60.2 Å². The summed E-state index contributed by atoms with van der Waals surface area (Å²) in [4.78, 5) is 17.6. The molecule has 0 atom stereocenters. The van der Waals surface area contributed by atoms with Crippen molar-refractivity contribution < 1.29 is 4.79 Å². The van der Waals surface area contributed by atoms with E-state index in [1.165, 1.54) is 31.2 Å². The molecule has 1 aliphatic heterocycles. The zero-order chi connectivity index (χ0) is 24.8. The number of allylic oxidation sites excluding steroid dienone is 5. The lowest BCUT2D eigenvalue weighted by Crippen LogP contribution is -2.15. The van der Waals surface area contributed by atoms with Gasteiger partial charge >= 0.3 is 0 Å².